The molecule has 0 saturated carbocycles. The summed E-state index contributed by atoms with van der Waals surface area (Å²) in [6, 6.07) is 6.17. The first-order valence-electron chi connectivity index (χ1n) is 5.63. The van der Waals surface area contributed by atoms with Crippen LogP contribution in [0.3, 0.4) is 0 Å². The molecule has 98 valence electrons. The van der Waals surface area contributed by atoms with Gasteiger partial charge in [-0.3, -0.25) is 14.3 Å². The van der Waals surface area contributed by atoms with Crippen LogP contribution in [0.1, 0.15) is 12.5 Å². The Kier molecular flexibility index (Phi) is 3.70. The Balaban J connectivity index is 2.05. The van der Waals surface area contributed by atoms with Gasteiger partial charge < -0.3 is 5.32 Å². The van der Waals surface area contributed by atoms with Crippen LogP contribution in [0.4, 0.5) is 10.1 Å². The molecule has 0 aliphatic rings. The summed E-state index contributed by atoms with van der Waals surface area (Å²) in [6.45, 7) is 1.57. The van der Waals surface area contributed by atoms with E-state index in [0.29, 0.717) is 12.2 Å². The van der Waals surface area contributed by atoms with Crippen molar-refractivity contribution in [3.8, 4) is 0 Å². The molecule has 0 radical (unpaired) electrons. The Morgan fingerprint density at radius 3 is 2.89 bits per heavy atom. The van der Waals surface area contributed by atoms with Gasteiger partial charge in [-0.05, 0) is 17.7 Å². The number of Topliss-reactive ketones (excluding diaryl/α,β-unsaturated/α-hetero) is 1. The van der Waals surface area contributed by atoms with Crippen LogP contribution < -0.4 is 5.32 Å². The summed E-state index contributed by atoms with van der Waals surface area (Å²) in [5.41, 5.74) is 1.18. The molecule has 1 aromatic carbocycles. The molecule has 0 fully saturated rings. The summed E-state index contributed by atoms with van der Waals surface area (Å²) in [4.78, 5) is 22.0. The van der Waals surface area contributed by atoms with Crippen molar-refractivity contribution in [2.75, 3.05) is 5.32 Å². The zero-order valence-electron chi connectivity index (χ0n) is 10.3. The van der Waals surface area contributed by atoms with Crippen LogP contribution in [0.15, 0.2) is 36.7 Å². The molecule has 1 aromatic heterocycles. The van der Waals surface area contributed by atoms with Crippen molar-refractivity contribution in [3.63, 3.8) is 0 Å². The first-order valence-corrected chi connectivity index (χ1v) is 5.63. The molecule has 0 spiro atoms. The minimum absolute atomic E-state index is 0.310. The van der Waals surface area contributed by atoms with Crippen molar-refractivity contribution in [1.82, 2.24) is 9.78 Å². The van der Waals surface area contributed by atoms with E-state index in [4.69, 9.17) is 0 Å². The van der Waals surface area contributed by atoms with Gasteiger partial charge in [0.1, 0.15) is 5.82 Å². The van der Waals surface area contributed by atoms with Crippen molar-refractivity contribution in [3.05, 3.63) is 48.0 Å². The van der Waals surface area contributed by atoms with Crippen LogP contribution in [-0.4, -0.2) is 21.5 Å². The topological polar surface area (TPSA) is 64.0 Å². The Labute approximate surface area is 109 Å². The molecule has 1 N–H and O–H groups in total. The van der Waals surface area contributed by atoms with E-state index in [1.54, 1.807) is 23.0 Å². The maximum Gasteiger partial charge on any atom is 0.291 e. The second-order valence-electron chi connectivity index (χ2n) is 4.07. The Morgan fingerprint density at radius 2 is 2.21 bits per heavy atom. The third-order valence-corrected chi connectivity index (χ3v) is 2.44. The van der Waals surface area contributed by atoms with Crippen molar-refractivity contribution < 1.29 is 14.0 Å². The lowest BCUT2D eigenvalue weighted by atomic mass is 10.2. The number of carbonyl (C=O) groups excluding carboxylic acids is 2. The van der Waals surface area contributed by atoms with Gasteiger partial charge in [0.05, 0.1) is 18.4 Å². The largest absolute Gasteiger partial charge is 0.317 e. The predicted molar refractivity (Wildman–Crippen MR) is 67.0 cm³/mol. The number of carbonyl (C=O) groups is 2. The van der Waals surface area contributed by atoms with E-state index in [2.05, 4.69) is 10.4 Å². The van der Waals surface area contributed by atoms with Gasteiger partial charge in [0.15, 0.2) is 0 Å². The fraction of sp³-hybridized carbons (Fsp3) is 0.154. The van der Waals surface area contributed by atoms with Crippen molar-refractivity contribution in [2.24, 2.45) is 0 Å². The van der Waals surface area contributed by atoms with Gasteiger partial charge in [0, 0.05) is 13.1 Å². The summed E-state index contributed by atoms with van der Waals surface area (Å²) in [5.74, 6) is -1.57. The Morgan fingerprint density at radius 1 is 1.42 bits per heavy atom. The van der Waals surface area contributed by atoms with Gasteiger partial charge in [-0.1, -0.05) is 12.1 Å². The van der Waals surface area contributed by atoms with E-state index >= 15 is 0 Å². The van der Waals surface area contributed by atoms with Crippen LogP contribution in [0.2, 0.25) is 0 Å². The number of amides is 1. The molecular formula is C13H12FN3O2. The van der Waals surface area contributed by atoms with Crippen LogP contribution in [-0.2, 0) is 16.1 Å². The van der Waals surface area contributed by atoms with Crippen LogP contribution in [0, 0.1) is 5.82 Å². The predicted octanol–water partition coefficient (Wildman–Crippen LogP) is 1.60. The molecule has 1 heterocycles. The summed E-state index contributed by atoms with van der Waals surface area (Å²) in [5, 5.41) is 6.43. The molecule has 5 nitrogen and oxygen atoms in total. The van der Waals surface area contributed by atoms with Gasteiger partial charge >= 0.3 is 0 Å². The minimum Gasteiger partial charge on any atom is -0.317 e. The monoisotopic (exact) mass is 261 g/mol. The first-order chi connectivity index (χ1) is 9.04. The molecule has 0 atom stereocenters. The number of benzene rings is 1. The lowest BCUT2D eigenvalue weighted by Crippen LogP contribution is -2.19. The highest BCUT2D eigenvalue weighted by Gasteiger charge is 2.09. The van der Waals surface area contributed by atoms with E-state index in [1.165, 1.54) is 25.3 Å². The quantitative estimate of drug-likeness (QED) is 0.850. The van der Waals surface area contributed by atoms with Crippen molar-refractivity contribution >= 4 is 17.4 Å². The summed E-state index contributed by atoms with van der Waals surface area (Å²) >= 11 is 0. The molecular weight excluding hydrogens is 249 g/mol. The number of nitrogens with zero attached hydrogens (tertiary/aromatic N) is 2. The SMILES string of the molecule is CC(=O)C(=O)Nc1cnn(Cc2cccc(F)c2)c1. The highest BCUT2D eigenvalue weighted by Crippen LogP contribution is 2.09. The van der Waals surface area contributed by atoms with Gasteiger partial charge in [-0.15, -0.1) is 0 Å². The van der Waals surface area contributed by atoms with Gasteiger partial charge in [-0.2, -0.15) is 5.10 Å². The Hall–Kier alpha value is -2.50. The summed E-state index contributed by atoms with van der Waals surface area (Å²) in [6.07, 6.45) is 3.01. The number of anilines is 1. The normalized spacial score (nSPS) is 10.2. The average Bonchev–Trinajstić information content (AvgIpc) is 2.76. The fourth-order valence-electron chi connectivity index (χ4n) is 1.56. The molecule has 2 rings (SSSR count). The van der Waals surface area contributed by atoms with Crippen molar-refractivity contribution in [1.29, 1.82) is 0 Å². The molecule has 0 saturated heterocycles. The highest BCUT2D eigenvalue weighted by molar-refractivity contribution is 6.39. The number of rotatable bonds is 4. The lowest BCUT2D eigenvalue weighted by Gasteiger charge is -2.01. The number of hydrogen-bond acceptors (Lipinski definition) is 3. The van der Waals surface area contributed by atoms with E-state index in [-0.39, 0.29) is 5.82 Å². The number of nitrogens with one attached hydrogen (secondary N) is 1. The van der Waals surface area contributed by atoms with E-state index in [0.717, 1.165) is 5.56 Å². The molecule has 0 aliphatic heterocycles. The second kappa shape index (κ2) is 5.43. The number of hydrogen-bond donors (Lipinski definition) is 1. The first kappa shape index (κ1) is 12.9. The van der Waals surface area contributed by atoms with Crippen LogP contribution in [0.25, 0.3) is 0 Å². The van der Waals surface area contributed by atoms with Crippen molar-refractivity contribution in [2.45, 2.75) is 13.5 Å². The van der Waals surface area contributed by atoms with E-state index in [9.17, 15) is 14.0 Å². The summed E-state index contributed by atoms with van der Waals surface area (Å²) in [7, 11) is 0. The Bertz CT molecular complexity index is 622. The second-order valence-corrected chi connectivity index (χ2v) is 4.07. The molecule has 6 heteroatoms. The third kappa shape index (κ3) is 3.48. The van der Waals surface area contributed by atoms with Gasteiger partial charge in [0.25, 0.3) is 5.91 Å². The number of ketones is 1. The number of halogens is 1. The van der Waals surface area contributed by atoms with Crippen LogP contribution >= 0.6 is 0 Å². The van der Waals surface area contributed by atoms with Crippen LogP contribution in [0.5, 0.6) is 0 Å². The van der Waals surface area contributed by atoms with E-state index < -0.39 is 11.7 Å². The lowest BCUT2D eigenvalue weighted by molar-refractivity contribution is -0.133. The zero-order valence-corrected chi connectivity index (χ0v) is 10.3. The highest BCUT2D eigenvalue weighted by atomic mass is 19.1. The van der Waals surface area contributed by atoms with Gasteiger partial charge in [-0.25, -0.2) is 4.39 Å². The molecule has 19 heavy (non-hydrogen) atoms. The maximum absolute atomic E-state index is 13.0. The molecule has 1 amide bonds. The molecule has 0 bridgehead atoms. The van der Waals surface area contributed by atoms with Gasteiger partial charge in [0.2, 0.25) is 5.78 Å². The molecule has 0 aliphatic carbocycles. The smallest absolute Gasteiger partial charge is 0.291 e. The molecule has 2 aromatic rings. The minimum atomic E-state index is -0.690. The third-order valence-electron chi connectivity index (χ3n) is 2.44. The summed E-state index contributed by atoms with van der Waals surface area (Å²) < 4.78 is 14.6. The zero-order chi connectivity index (χ0) is 13.8. The average molecular weight is 261 g/mol. The van der Waals surface area contributed by atoms with E-state index in [1.807, 2.05) is 0 Å². The molecule has 0 unspecified atom stereocenters. The fourth-order valence-corrected chi connectivity index (χ4v) is 1.56. The maximum atomic E-state index is 13.0. The standard InChI is InChI=1S/C13H12FN3O2/c1-9(18)13(19)16-12-6-15-17(8-12)7-10-3-2-4-11(14)5-10/h2-6,8H,7H2,1H3,(H,16,19). The number of aromatic nitrogens is 2.